The van der Waals surface area contributed by atoms with E-state index in [9.17, 15) is 22.8 Å². The first-order chi connectivity index (χ1) is 25.3. The van der Waals surface area contributed by atoms with Gasteiger partial charge in [-0.05, 0) is 90.9 Å². The van der Waals surface area contributed by atoms with Gasteiger partial charge in [0.15, 0.2) is 0 Å². The van der Waals surface area contributed by atoms with Crippen LogP contribution in [0.2, 0.25) is 0 Å². The van der Waals surface area contributed by atoms with Crippen LogP contribution in [0, 0.1) is 5.82 Å². The Morgan fingerprint density at radius 1 is 1.06 bits per heavy atom. The van der Waals surface area contributed by atoms with Gasteiger partial charge < -0.3 is 19.4 Å². The molecule has 52 heavy (non-hydrogen) atoms. The number of carbonyl (C=O) groups excluding carboxylic acids is 1. The second-order valence-corrected chi connectivity index (χ2v) is 14.3. The zero-order chi connectivity index (χ0) is 35.7. The molecule has 1 amide bonds. The predicted molar refractivity (Wildman–Crippen MR) is 188 cm³/mol. The molecule has 2 atom stereocenters. The molecule has 0 bridgehead atoms. The summed E-state index contributed by atoms with van der Waals surface area (Å²) in [6, 6.07) is 14.8. The highest BCUT2D eigenvalue weighted by molar-refractivity contribution is 7.23. The van der Waals surface area contributed by atoms with Crippen LogP contribution in [0.4, 0.5) is 19.0 Å². The highest BCUT2D eigenvalue weighted by atomic mass is 32.1. The monoisotopic (exact) mass is 724 g/mol. The van der Waals surface area contributed by atoms with Crippen molar-refractivity contribution in [3.05, 3.63) is 110 Å². The number of hydrogen-bond donors (Lipinski definition) is 2. The van der Waals surface area contributed by atoms with Gasteiger partial charge in [-0.2, -0.15) is 0 Å². The van der Waals surface area contributed by atoms with Crippen LogP contribution < -0.4 is 15.8 Å². The number of aryl methyl sites for hydroxylation is 2. The molecule has 0 unspecified atom stereocenters. The number of fused-ring (bicyclic) bond motifs is 5. The van der Waals surface area contributed by atoms with Gasteiger partial charge in [0.05, 0.1) is 46.4 Å². The minimum Gasteiger partial charge on any atom is -0.496 e. The second kappa shape index (κ2) is 12.6. The van der Waals surface area contributed by atoms with Crippen LogP contribution in [-0.2, 0) is 19.3 Å². The lowest BCUT2D eigenvalue weighted by Crippen LogP contribution is -2.22. The smallest absolute Gasteiger partial charge is 0.434 e. The summed E-state index contributed by atoms with van der Waals surface area (Å²) in [5, 5.41) is 10.5. The Morgan fingerprint density at radius 3 is 2.67 bits per heavy atom. The Kier molecular flexibility index (Phi) is 7.86. The number of carbonyl (C=O) groups is 1. The van der Waals surface area contributed by atoms with Crippen molar-refractivity contribution in [3.8, 4) is 27.6 Å². The molecule has 6 heterocycles. The number of nitrogens with one attached hydrogen (secondary N) is 2. The van der Waals surface area contributed by atoms with Crippen molar-refractivity contribution in [2.45, 2.75) is 57.0 Å². The molecule has 1 aliphatic carbocycles. The maximum atomic E-state index is 14.4. The summed E-state index contributed by atoms with van der Waals surface area (Å²) in [6.07, 6.45) is 1.07. The van der Waals surface area contributed by atoms with Gasteiger partial charge in [-0.1, -0.05) is 24.3 Å². The Hall–Kier alpha value is -5.50. The van der Waals surface area contributed by atoms with E-state index in [1.807, 2.05) is 23.1 Å². The Morgan fingerprint density at radius 2 is 1.90 bits per heavy atom. The first kappa shape index (κ1) is 32.4. The van der Waals surface area contributed by atoms with Crippen molar-refractivity contribution in [2.75, 3.05) is 19.0 Å². The third-order valence-corrected chi connectivity index (χ3v) is 11.5. The fourth-order valence-corrected chi connectivity index (χ4v) is 9.14. The second-order valence-electron chi connectivity index (χ2n) is 13.3. The van der Waals surface area contributed by atoms with E-state index in [2.05, 4.69) is 20.5 Å². The van der Waals surface area contributed by atoms with Crippen LogP contribution in [0.3, 0.4) is 0 Å². The number of halogens is 3. The number of aromatic amines is 1. The average molecular weight is 725 g/mol. The third kappa shape index (κ3) is 5.35. The minimum absolute atomic E-state index is 0.0389. The fourth-order valence-electron chi connectivity index (χ4n) is 7.99. The number of ether oxygens (including phenoxy) is 1. The number of alkyl halides is 2. The molecule has 9 rings (SSSR count). The molecule has 14 heteroatoms. The fraction of sp³-hybridized carbons (Fsp3) is 0.289. The highest BCUT2D eigenvalue weighted by Crippen LogP contribution is 2.51. The molecule has 2 aliphatic heterocycles. The molecule has 0 radical (unpaired) electrons. The molecule has 2 N–H and O–H groups in total. The number of rotatable bonds is 9. The number of amides is 1. The van der Waals surface area contributed by atoms with Crippen LogP contribution in [-0.4, -0.2) is 44.6 Å². The number of benzene rings is 2. The molecule has 1 saturated heterocycles. The Labute approximate surface area is 298 Å². The van der Waals surface area contributed by atoms with Gasteiger partial charge in [0.1, 0.15) is 23.1 Å². The SMILES string of the molecule is COc1cccc2c1CC[C@@H]2Nc1nc(C(F)F)cc2cc(-c3c4c(nc(CCc5ccc(F)cc5)c3-c3n[nH]c(=O)o3)[C@H]3CCCN3C4=O)sc12. The van der Waals surface area contributed by atoms with Crippen molar-refractivity contribution in [3.63, 3.8) is 0 Å². The average Bonchev–Trinajstić information content (AvgIpc) is 3.98. The number of anilines is 1. The van der Waals surface area contributed by atoms with Crippen LogP contribution >= 0.6 is 11.3 Å². The molecule has 2 aromatic carbocycles. The number of H-pyrrole nitrogens is 1. The summed E-state index contributed by atoms with van der Waals surface area (Å²) < 4.78 is 54.2. The quantitative estimate of drug-likeness (QED) is 0.154. The van der Waals surface area contributed by atoms with E-state index in [-0.39, 0.29) is 35.4 Å². The maximum Gasteiger partial charge on any atom is 0.434 e. The number of thiophene rings is 1. The lowest BCUT2D eigenvalue weighted by Gasteiger charge is -2.17. The molecular formula is C38H31F3N6O4S. The molecule has 264 valence electrons. The third-order valence-electron chi connectivity index (χ3n) is 10.3. The van der Waals surface area contributed by atoms with E-state index >= 15 is 0 Å². The summed E-state index contributed by atoms with van der Waals surface area (Å²) in [6.45, 7) is 0.576. The molecule has 3 aliphatic rings. The summed E-state index contributed by atoms with van der Waals surface area (Å²) in [5.74, 6) is -0.262. The van der Waals surface area contributed by atoms with Gasteiger partial charge in [0.25, 0.3) is 18.2 Å². The van der Waals surface area contributed by atoms with Crippen molar-refractivity contribution in [2.24, 2.45) is 0 Å². The van der Waals surface area contributed by atoms with Crippen LogP contribution in [0.25, 0.3) is 32.0 Å². The molecule has 0 spiro atoms. The predicted octanol–water partition coefficient (Wildman–Crippen LogP) is 7.96. The van der Waals surface area contributed by atoms with Crippen molar-refractivity contribution in [1.29, 1.82) is 0 Å². The number of aromatic nitrogens is 4. The summed E-state index contributed by atoms with van der Waals surface area (Å²) in [4.78, 5) is 38.5. The Bertz CT molecular complexity index is 2440. The molecular weight excluding hydrogens is 694 g/mol. The highest BCUT2D eigenvalue weighted by Gasteiger charge is 2.45. The number of methoxy groups -OCH3 is 1. The first-order valence-corrected chi connectivity index (χ1v) is 17.9. The van der Waals surface area contributed by atoms with Gasteiger partial charge in [0.2, 0.25) is 0 Å². The lowest BCUT2D eigenvalue weighted by molar-refractivity contribution is 0.0776. The van der Waals surface area contributed by atoms with Crippen molar-refractivity contribution < 1.29 is 27.1 Å². The van der Waals surface area contributed by atoms with E-state index in [0.717, 1.165) is 48.1 Å². The van der Waals surface area contributed by atoms with E-state index in [4.69, 9.17) is 14.1 Å². The largest absolute Gasteiger partial charge is 0.496 e. The zero-order valence-corrected chi connectivity index (χ0v) is 28.7. The summed E-state index contributed by atoms with van der Waals surface area (Å²) in [7, 11) is 1.63. The molecule has 10 nitrogen and oxygen atoms in total. The molecule has 0 saturated carbocycles. The number of hydrogen-bond acceptors (Lipinski definition) is 9. The van der Waals surface area contributed by atoms with Gasteiger partial charge >= 0.3 is 5.76 Å². The van der Waals surface area contributed by atoms with Crippen LogP contribution in [0.5, 0.6) is 5.75 Å². The zero-order valence-electron chi connectivity index (χ0n) is 27.8. The topological polar surface area (TPSA) is 126 Å². The van der Waals surface area contributed by atoms with E-state index in [0.29, 0.717) is 68.2 Å². The Balaban J connectivity index is 1.24. The van der Waals surface area contributed by atoms with Crippen LogP contribution in [0.15, 0.2) is 63.8 Å². The van der Waals surface area contributed by atoms with E-state index in [1.165, 1.54) is 29.5 Å². The summed E-state index contributed by atoms with van der Waals surface area (Å²) in [5.41, 5.74) is 5.00. The van der Waals surface area contributed by atoms with Gasteiger partial charge in [-0.3, -0.25) is 9.78 Å². The molecule has 6 aromatic rings. The number of pyridine rings is 2. The van der Waals surface area contributed by atoms with Crippen molar-refractivity contribution in [1.82, 2.24) is 25.1 Å². The van der Waals surface area contributed by atoms with Gasteiger partial charge in [-0.25, -0.2) is 28.0 Å². The van der Waals surface area contributed by atoms with E-state index in [1.54, 1.807) is 25.3 Å². The lowest BCUT2D eigenvalue weighted by atomic mass is 9.93. The molecule has 4 aromatic heterocycles. The standard InChI is InChI=1S/C38H31F3N6O4S/c1-50-27-6-2-4-21-22(27)12-14-23(21)43-35-33-19(16-25(44-35)34(40)41)17-28(52-33)30-29(36-45-46-38(49)51-36)24(13-9-18-7-10-20(39)11-8-18)42-32-26-5-3-15-47(26)37(48)31(30)32/h2,4,6-8,10-11,16-17,23,26,34H,3,5,9,12-15H2,1H3,(H,43,44)(H,46,49)/t23-,26+/m0/s1. The summed E-state index contributed by atoms with van der Waals surface area (Å²) >= 11 is 1.31. The minimum atomic E-state index is -2.82. The van der Waals surface area contributed by atoms with Crippen molar-refractivity contribution >= 4 is 33.1 Å². The normalized spacial score (nSPS) is 17.6. The van der Waals surface area contributed by atoms with Gasteiger partial charge in [-0.15, -0.1) is 16.4 Å². The van der Waals surface area contributed by atoms with Gasteiger partial charge in [0, 0.05) is 17.0 Å². The maximum absolute atomic E-state index is 14.4. The van der Waals surface area contributed by atoms with E-state index < -0.39 is 12.2 Å². The van der Waals surface area contributed by atoms with Crippen LogP contribution in [0.1, 0.15) is 81.9 Å². The first-order valence-electron chi connectivity index (χ1n) is 17.1. The molecule has 1 fully saturated rings. The number of nitrogens with zero attached hydrogens (tertiary/aromatic N) is 4.